The topological polar surface area (TPSA) is 149 Å². The highest BCUT2D eigenvalue weighted by Crippen LogP contribution is 2.34. The average molecular weight is 440 g/mol. The Balaban J connectivity index is 1.82. The van der Waals surface area contributed by atoms with Gasteiger partial charge in [0.2, 0.25) is 15.9 Å². The van der Waals surface area contributed by atoms with Gasteiger partial charge in [0.05, 0.1) is 22.1 Å². The first-order valence-electron chi connectivity index (χ1n) is 8.89. The Morgan fingerprint density at radius 1 is 1.45 bits per heavy atom. The maximum atomic E-state index is 12.3. The number of benzene rings is 1. The van der Waals surface area contributed by atoms with E-state index in [0.717, 1.165) is 16.6 Å². The summed E-state index contributed by atoms with van der Waals surface area (Å²) in [6.45, 7) is 5.05. The summed E-state index contributed by atoms with van der Waals surface area (Å²) in [6.07, 6.45) is 1.10. The Morgan fingerprint density at radius 2 is 2.17 bits per heavy atom. The molecule has 0 aliphatic carbocycles. The third-order valence-electron chi connectivity index (χ3n) is 4.40. The van der Waals surface area contributed by atoms with Gasteiger partial charge in [-0.25, -0.2) is 18.5 Å². The highest BCUT2D eigenvalue weighted by atomic mass is 32.2. The van der Waals surface area contributed by atoms with Gasteiger partial charge in [-0.2, -0.15) is 0 Å². The fourth-order valence-electron chi connectivity index (χ4n) is 3.00. The summed E-state index contributed by atoms with van der Waals surface area (Å²) >= 11 is 1.32. The van der Waals surface area contributed by atoms with Crippen molar-refractivity contribution in [2.45, 2.75) is 38.1 Å². The van der Waals surface area contributed by atoms with Gasteiger partial charge < -0.3 is 10.2 Å². The van der Waals surface area contributed by atoms with Gasteiger partial charge in [-0.1, -0.05) is 25.2 Å². The number of carbonyl (C=O) groups is 1. The van der Waals surface area contributed by atoms with Gasteiger partial charge in [-0.3, -0.25) is 14.9 Å². The number of thiazole rings is 1. The minimum absolute atomic E-state index is 0.0998. The second-order valence-corrected chi connectivity index (χ2v) is 9.80. The summed E-state index contributed by atoms with van der Waals surface area (Å²) in [5, 5.41) is 19.7. The molecule has 1 aromatic heterocycles. The first kappa shape index (κ1) is 21.1. The van der Waals surface area contributed by atoms with Gasteiger partial charge in [0.1, 0.15) is 5.69 Å². The van der Waals surface area contributed by atoms with Crippen LogP contribution in [0.3, 0.4) is 0 Å². The van der Waals surface area contributed by atoms with E-state index in [4.69, 9.17) is 5.14 Å². The van der Waals surface area contributed by atoms with Crippen molar-refractivity contribution in [3.05, 3.63) is 38.9 Å². The lowest BCUT2D eigenvalue weighted by atomic mass is 10.1. The van der Waals surface area contributed by atoms with Crippen LogP contribution < -0.4 is 10.5 Å². The minimum atomic E-state index is -4.06. The van der Waals surface area contributed by atoms with Gasteiger partial charge >= 0.3 is 0 Å². The fourth-order valence-corrected chi connectivity index (χ4v) is 4.57. The van der Waals surface area contributed by atoms with Crippen LogP contribution in [0.1, 0.15) is 30.8 Å². The van der Waals surface area contributed by atoms with E-state index in [1.54, 1.807) is 4.90 Å². The number of nitrogens with one attached hydrogen (secondary N) is 1. The van der Waals surface area contributed by atoms with Crippen LogP contribution >= 0.6 is 11.3 Å². The number of amides is 1. The number of sulfonamides is 1. The number of nitrogens with two attached hydrogens (primary N) is 1. The van der Waals surface area contributed by atoms with Crippen LogP contribution in [0, 0.1) is 16.0 Å². The molecule has 3 N–H and O–H groups in total. The maximum absolute atomic E-state index is 12.3. The number of nitro benzene ring substituents is 1. The molecule has 29 heavy (non-hydrogen) atoms. The van der Waals surface area contributed by atoms with Crippen LogP contribution in [-0.2, 0) is 27.8 Å². The third-order valence-corrected chi connectivity index (χ3v) is 6.31. The number of aromatic nitrogens is 1. The molecule has 1 aromatic carbocycles. The first-order chi connectivity index (χ1) is 13.5. The van der Waals surface area contributed by atoms with E-state index in [9.17, 15) is 23.3 Å². The van der Waals surface area contributed by atoms with Gasteiger partial charge in [0.15, 0.2) is 5.13 Å². The van der Waals surface area contributed by atoms with E-state index in [0.29, 0.717) is 31.1 Å². The lowest BCUT2D eigenvalue weighted by Gasteiger charge is -2.26. The van der Waals surface area contributed by atoms with Crippen LogP contribution in [0.5, 0.6) is 0 Å². The number of hydrogen-bond donors (Lipinski definition) is 2. The minimum Gasteiger partial charge on any atom is -0.337 e. The number of nitrogens with zero attached hydrogens (tertiary/aromatic N) is 3. The van der Waals surface area contributed by atoms with Crippen LogP contribution in [0.4, 0.5) is 16.5 Å². The van der Waals surface area contributed by atoms with E-state index in [2.05, 4.69) is 10.3 Å². The zero-order valence-corrected chi connectivity index (χ0v) is 17.5. The van der Waals surface area contributed by atoms with Crippen molar-refractivity contribution >= 4 is 43.8 Å². The highest BCUT2D eigenvalue weighted by molar-refractivity contribution is 7.89. The summed E-state index contributed by atoms with van der Waals surface area (Å²) in [4.78, 5) is 29.9. The van der Waals surface area contributed by atoms with Crippen molar-refractivity contribution in [3.63, 3.8) is 0 Å². The number of nitro groups is 1. The van der Waals surface area contributed by atoms with E-state index < -0.39 is 20.6 Å². The number of fused-ring (bicyclic) bond motifs is 1. The predicted molar refractivity (Wildman–Crippen MR) is 108 cm³/mol. The SMILES string of the molecule is CC(C)CC(=O)N1CCc2nc(Nc3ccc(S(N)(=O)=O)cc3[N+](=O)[O-])sc2C1. The normalized spacial score (nSPS) is 14.0. The quantitative estimate of drug-likeness (QED) is 0.518. The molecule has 156 valence electrons. The maximum Gasteiger partial charge on any atom is 0.294 e. The van der Waals surface area contributed by atoms with Crippen molar-refractivity contribution in [3.8, 4) is 0 Å². The molecule has 10 nitrogen and oxygen atoms in total. The van der Waals surface area contributed by atoms with E-state index >= 15 is 0 Å². The number of carbonyl (C=O) groups excluding carboxylic acids is 1. The second-order valence-electron chi connectivity index (χ2n) is 7.16. The van der Waals surface area contributed by atoms with Crippen LogP contribution in [0.25, 0.3) is 0 Å². The van der Waals surface area contributed by atoms with Gasteiger partial charge in [0.25, 0.3) is 5.69 Å². The number of rotatable bonds is 6. The zero-order chi connectivity index (χ0) is 21.3. The third kappa shape index (κ3) is 4.89. The Labute approximate surface area is 171 Å². The Morgan fingerprint density at radius 3 is 2.79 bits per heavy atom. The summed E-state index contributed by atoms with van der Waals surface area (Å²) in [7, 11) is -4.06. The lowest BCUT2D eigenvalue weighted by Crippen LogP contribution is -2.36. The molecule has 2 heterocycles. The molecule has 3 rings (SSSR count). The van der Waals surface area contributed by atoms with Crippen molar-refractivity contribution in [2.24, 2.45) is 11.1 Å². The summed E-state index contributed by atoms with van der Waals surface area (Å²) in [5.41, 5.74) is 0.551. The Bertz CT molecular complexity index is 1060. The fraction of sp³-hybridized carbons (Fsp3) is 0.412. The molecule has 0 radical (unpaired) electrons. The summed E-state index contributed by atoms with van der Waals surface area (Å²) in [6, 6.07) is 3.40. The standard InChI is InChI=1S/C17H21N5O5S2/c1-10(2)7-16(23)21-6-5-13-15(9-21)28-17(20-13)19-12-4-3-11(29(18,26)27)8-14(12)22(24)25/h3-4,8,10H,5-7,9H2,1-2H3,(H,19,20)(H2,18,26,27). The van der Waals surface area contributed by atoms with Crippen LogP contribution in [-0.4, -0.2) is 35.7 Å². The number of hydrogen-bond acceptors (Lipinski definition) is 8. The lowest BCUT2D eigenvalue weighted by molar-refractivity contribution is -0.384. The molecule has 1 aliphatic heterocycles. The Hall–Kier alpha value is -2.57. The van der Waals surface area contributed by atoms with E-state index in [1.807, 2.05) is 13.8 Å². The number of anilines is 2. The molecule has 0 bridgehead atoms. The molecule has 1 amide bonds. The molecule has 0 saturated carbocycles. The molecule has 12 heteroatoms. The molecular formula is C17H21N5O5S2. The van der Waals surface area contributed by atoms with Crippen molar-refractivity contribution in [1.82, 2.24) is 9.88 Å². The van der Waals surface area contributed by atoms with Crippen LogP contribution in [0.2, 0.25) is 0 Å². The summed E-state index contributed by atoms with van der Waals surface area (Å²) in [5.74, 6) is 0.381. The van der Waals surface area contributed by atoms with Crippen molar-refractivity contribution < 1.29 is 18.1 Å². The van der Waals surface area contributed by atoms with Gasteiger partial charge in [-0.05, 0) is 18.1 Å². The molecule has 1 aliphatic rings. The van der Waals surface area contributed by atoms with E-state index in [1.165, 1.54) is 23.5 Å². The monoisotopic (exact) mass is 439 g/mol. The zero-order valence-electron chi connectivity index (χ0n) is 15.9. The number of primary sulfonamides is 1. The van der Waals surface area contributed by atoms with Crippen molar-refractivity contribution in [1.29, 1.82) is 0 Å². The Kier molecular flexibility index (Phi) is 5.87. The molecule has 0 unspecified atom stereocenters. The van der Waals surface area contributed by atoms with Crippen LogP contribution in [0.15, 0.2) is 23.1 Å². The molecule has 0 fully saturated rings. The molecular weight excluding hydrogens is 418 g/mol. The van der Waals surface area contributed by atoms with E-state index in [-0.39, 0.29) is 22.4 Å². The largest absolute Gasteiger partial charge is 0.337 e. The molecule has 0 spiro atoms. The first-order valence-corrected chi connectivity index (χ1v) is 11.3. The average Bonchev–Trinajstić information content (AvgIpc) is 3.01. The molecule has 2 aromatic rings. The molecule has 0 saturated heterocycles. The summed E-state index contributed by atoms with van der Waals surface area (Å²) < 4.78 is 22.9. The van der Waals surface area contributed by atoms with Crippen molar-refractivity contribution in [2.75, 3.05) is 11.9 Å². The molecule has 0 atom stereocenters. The van der Waals surface area contributed by atoms with Gasteiger partial charge in [-0.15, -0.1) is 0 Å². The second kappa shape index (κ2) is 8.05. The predicted octanol–water partition coefficient (Wildman–Crippen LogP) is 2.37. The van der Waals surface area contributed by atoms with Gasteiger partial charge in [0, 0.05) is 30.3 Å². The smallest absolute Gasteiger partial charge is 0.294 e. The highest BCUT2D eigenvalue weighted by Gasteiger charge is 2.25.